The monoisotopic (exact) mass is 344 g/mol. The number of imide groups is 1. The second-order valence-electron chi connectivity index (χ2n) is 6.35. The molecule has 1 heterocycles. The summed E-state index contributed by atoms with van der Waals surface area (Å²) in [7, 11) is 1.72. The third-order valence-electron chi connectivity index (χ3n) is 4.35. The number of guanidine groups is 1. The molecule has 0 radical (unpaired) electrons. The first-order valence-electron chi connectivity index (χ1n) is 9.00. The minimum absolute atomic E-state index is 0.224. The van der Waals surface area contributed by atoms with Gasteiger partial charge >= 0.3 is 0 Å². The first-order valence-corrected chi connectivity index (χ1v) is 9.00. The van der Waals surface area contributed by atoms with Crippen molar-refractivity contribution in [3.63, 3.8) is 0 Å². The fourth-order valence-electron chi connectivity index (χ4n) is 2.93. The number of fused-ring (bicyclic) bond motifs is 1. The molecule has 2 amide bonds. The van der Waals surface area contributed by atoms with Crippen molar-refractivity contribution in [2.45, 2.75) is 45.6 Å². The molecule has 0 aliphatic carbocycles. The molecule has 1 aliphatic rings. The van der Waals surface area contributed by atoms with E-state index in [1.165, 1.54) is 24.2 Å². The number of amides is 2. The Labute approximate surface area is 149 Å². The number of nitrogens with zero attached hydrogens (tertiary/aromatic N) is 2. The zero-order valence-electron chi connectivity index (χ0n) is 15.3. The van der Waals surface area contributed by atoms with Crippen molar-refractivity contribution in [2.24, 2.45) is 4.99 Å². The van der Waals surface area contributed by atoms with Crippen molar-refractivity contribution in [3.05, 3.63) is 35.4 Å². The summed E-state index contributed by atoms with van der Waals surface area (Å²) in [6, 6.07) is 7.27. The van der Waals surface area contributed by atoms with Gasteiger partial charge in [-0.15, -0.1) is 0 Å². The molecular weight excluding hydrogens is 316 g/mol. The van der Waals surface area contributed by atoms with Gasteiger partial charge in [0.1, 0.15) is 0 Å². The Hall–Kier alpha value is -2.37. The van der Waals surface area contributed by atoms with Crippen LogP contribution in [0.3, 0.4) is 0 Å². The maximum absolute atomic E-state index is 12.3. The molecule has 0 aromatic heterocycles. The van der Waals surface area contributed by atoms with Crippen molar-refractivity contribution in [2.75, 3.05) is 20.1 Å². The lowest BCUT2D eigenvalue weighted by Gasteiger charge is -2.19. The molecule has 2 N–H and O–H groups in total. The van der Waals surface area contributed by atoms with Crippen molar-refractivity contribution < 1.29 is 9.59 Å². The predicted molar refractivity (Wildman–Crippen MR) is 99.9 cm³/mol. The van der Waals surface area contributed by atoms with Gasteiger partial charge in [-0.1, -0.05) is 38.3 Å². The van der Waals surface area contributed by atoms with Crippen LogP contribution in [-0.4, -0.2) is 48.9 Å². The summed E-state index contributed by atoms with van der Waals surface area (Å²) < 4.78 is 0. The van der Waals surface area contributed by atoms with Crippen LogP contribution in [0, 0.1) is 0 Å². The second-order valence-corrected chi connectivity index (χ2v) is 6.35. The Kier molecular flexibility index (Phi) is 6.98. The van der Waals surface area contributed by atoms with E-state index in [2.05, 4.69) is 29.5 Å². The van der Waals surface area contributed by atoms with Crippen LogP contribution in [0.25, 0.3) is 0 Å². The smallest absolute Gasteiger partial charge is 0.261 e. The van der Waals surface area contributed by atoms with Crippen molar-refractivity contribution in [1.29, 1.82) is 0 Å². The SMILES string of the molecule is CCCCCC(C)NC(=NC)NCCN1C(=O)c2ccccc2C1=O. The van der Waals surface area contributed by atoms with Crippen LogP contribution in [0.5, 0.6) is 0 Å². The summed E-state index contributed by atoms with van der Waals surface area (Å²) in [6.45, 7) is 5.11. The minimum Gasteiger partial charge on any atom is -0.355 e. The van der Waals surface area contributed by atoms with Gasteiger partial charge in [-0.25, -0.2) is 0 Å². The van der Waals surface area contributed by atoms with Crippen LogP contribution in [0.15, 0.2) is 29.3 Å². The zero-order chi connectivity index (χ0) is 18.2. The van der Waals surface area contributed by atoms with E-state index < -0.39 is 0 Å². The number of carbonyl (C=O) groups excluding carboxylic acids is 2. The third kappa shape index (κ3) is 4.81. The van der Waals surface area contributed by atoms with E-state index in [4.69, 9.17) is 0 Å². The topological polar surface area (TPSA) is 73.8 Å². The first-order chi connectivity index (χ1) is 12.1. The number of aliphatic imine (C=N–C) groups is 1. The Morgan fingerprint density at radius 3 is 2.36 bits per heavy atom. The number of benzene rings is 1. The van der Waals surface area contributed by atoms with Gasteiger partial charge in [-0.2, -0.15) is 0 Å². The molecule has 0 bridgehead atoms. The maximum atomic E-state index is 12.3. The van der Waals surface area contributed by atoms with E-state index in [9.17, 15) is 9.59 Å². The van der Waals surface area contributed by atoms with Crippen LogP contribution >= 0.6 is 0 Å². The van der Waals surface area contributed by atoms with E-state index in [0.29, 0.717) is 36.2 Å². The molecule has 6 nitrogen and oxygen atoms in total. The van der Waals surface area contributed by atoms with Crippen LogP contribution in [-0.2, 0) is 0 Å². The molecule has 1 aromatic carbocycles. The van der Waals surface area contributed by atoms with Gasteiger partial charge in [0.15, 0.2) is 5.96 Å². The third-order valence-corrected chi connectivity index (χ3v) is 4.35. The van der Waals surface area contributed by atoms with Gasteiger partial charge in [-0.05, 0) is 25.5 Å². The average Bonchev–Trinajstić information content (AvgIpc) is 2.86. The lowest BCUT2D eigenvalue weighted by atomic mass is 10.1. The molecule has 1 aliphatic heterocycles. The molecule has 136 valence electrons. The number of carbonyl (C=O) groups is 2. The van der Waals surface area contributed by atoms with E-state index in [0.717, 1.165) is 6.42 Å². The summed E-state index contributed by atoms with van der Waals surface area (Å²) in [5.41, 5.74) is 0.971. The van der Waals surface area contributed by atoms with Crippen molar-refractivity contribution in [3.8, 4) is 0 Å². The summed E-state index contributed by atoms with van der Waals surface area (Å²) in [6.07, 6.45) is 4.72. The van der Waals surface area contributed by atoms with Crippen LogP contribution in [0.4, 0.5) is 0 Å². The Morgan fingerprint density at radius 1 is 1.16 bits per heavy atom. The fraction of sp³-hybridized carbons (Fsp3) is 0.526. The molecule has 1 unspecified atom stereocenters. The fourth-order valence-corrected chi connectivity index (χ4v) is 2.93. The standard InChI is InChI=1S/C19H28N4O2/c1-4-5-6-9-14(2)22-19(20-3)21-12-13-23-17(24)15-10-7-8-11-16(15)18(23)25/h7-8,10-11,14H,4-6,9,12-13H2,1-3H3,(H2,20,21,22). The summed E-state index contributed by atoms with van der Waals surface area (Å²) >= 11 is 0. The van der Waals surface area contributed by atoms with Gasteiger partial charge in [-0.3, -0.25) is 19.5 Å². The van der Waals surface area contributed by atoms with Crippen molar-refractivity contribution >= 4 is 17.8 Å². The highest BCUT2D eigenvalue weighted by Gasteiger charge is 2.34. The Bertz CT molecular complexity index is 607. The molecule has 0 saturated carbocycles. The summed E-state index contributed by atoms with van der Waals surface area (Å²) in [4.78, 5) is 30.1. The molecular formula is C19H28N4O2. The van der Waals surface area contributed by atoms with Gasteiger partial charge in [0.2, 0.25) is 0 Å². The molecule has 0 spiro atoms. The lowest BCUT2D eigenvalue weighted by molar-refractivity contribution is 0.0657. The zero-order valence-corrected chi connectivity index (χ0v) is 15.3. The van der Waals surface area contributed by atoms with Gasteiger partial charge in [0.05, 0.1) is 11.1 Å². The Balaban J connectivity index is 1.80. The van der Waals surface area contributed by atoms with E-state index in [1.54, 1.807) is 31.3 Å². The van der Waals surface area contributed by atoms with E-state index in [-0.39, 0.29) is 11.8 Å². The minimum atomic E-state index is -0.224. The highest BCUT2D eigenvalue weighted by Crippen LogP contribution is 2.21. The van der Waals surface area contributed by atoms with E-state index >= 15 is 0 Å². The quantitative estimate of drug-likeness (QED) is 0.329. The van der Waals surface area contributed by atoms with Gasteiger partial charge < -0.3 is 10.6 Å². The first kappa shape index (κ1) is 19.0. The van der Waals surface area contributed by atoms with E-state index in [1.807, 2.05) is 0 Å². The van der Waals surface area contributed by atoms with Gasteiger partial charge in [0.25, 0.3) is 11.8 Å². The second kappa shape index (κ2) is 9.20. The average molecular weight is 344 g/mol. The predicted octanol–water partition coefficient (Wildman–Crippen LogP) is 2.42. The molecule has 2 rings (SSSR count). The highest BCUT2D eigenvalue weighted by molar-refractivity contribution is 6.21. The lowest BCUT2D eigenvalue weighted by Crippen LogP contribution is -2.45. The molecule has 1 aromatic rings. The normalized spacial score (nSPS) is 15.3. The van der Waals surface area contributed by atoms with Gasteiger partial charge in [0, 0.05) is 26.2 Å². The van der Waals surface area contributed by atoms with Crippen LogP contribution in [0.2, 0.25) is 0 Å². The molecule has 6 heteroatoms. The molecule has 0 saturated heterocycles. The highest BCUT2D eigenvalue weighted by atomic mass is 16.2. The number of hydrogen-bond acceptors (Lipinski definition) is 3. The maximum Gasteiger partial charge on any atom is 0.261 e. The van der Waals surface area contributed by atoms with Crippen molar-refractivity contribution in [1.82, 2.24) is 15.5 Å². The largest absolute Gasteiger partial charge is 0.355 e. The molecule has 1 atom stereocenters. The number of rotatable bonds is 8. The number of unbranched alkanes of at least 4 members (excludes halogenated alkanes) is 2. The number of nitrogens with one attached hydrogen (secondary N) is 2. The summed E-state index contributed by atoms with van der Waals surface area (Å²) in [5.74, 6) is 0.247. The number of hydrogen-bond donors (Lipinski definition) is 2. The Morgan fingerprint density at radius 2 is 1.80 bits per heavy atom. The van der Waals surface area contributed by atoms with Crippen LogP contribution < -0.4 is 10.6 Å². The molecule has 0 fully saturated rings. The summed E-state index contributed by atoms with van der Waals surface area (Å²) in [5, 5.41) is 6.52. The molecule has 25 heavy (non-hydrogen) atoms. The van der Waals surface area contributed by atoms with Crippen LogP contribution in [0.1, 0.15) is 60.2 Å².